The highest BCUT2D eigenvalue weighted by Gasteiger charge is 2.15. The van der Waals surface area contributed by atoms with Crippen LogP contribution in [0, 0.1) is 0 Å². The standard InChI is InChI=1S/C20H18F2N2O4S2/c21-20(22)28-17-4-1-3-15(11-17)13-23-18(25)12-14-6-8-16(9-7-14)24-30(26,27)19-5-2-10-29-19/h1-11,20,24H,12-13H2,(H,23,25). The lowest BCUT2D eigenvalue weighted by atomic mass is 10.1. The van der Waals surface area contributed by atoms with E-state index in [2.05, 4.69) is 14.8 Å². The van der Waals surface area contributed by atoms with E-state index in [-0.39, 0.29) is 28.8 Å². The van der Waals surface area contributed by atoms with Gasteiger partial charge in [0.1, 0.15) is 9.96 Å². The quantitative estimate of drug-likeness (QED) is 0.514. The van der Waals surface area contributed by atoms with E-state index in [4.69, 9.17) is 0 Å². The highest BCUT2D eigenvalue weighted by Crippen LogP contribution is 2.20. The van der Waals surface area contributed by atoms with Crippen LogP contribution >= 0.6 is 11.3 Å². The number of rotatable bonds is 9. The molecule has 0 radical (unpaired) electrons. The largest absolute Gasteiger partial charge is 0.435 e. The number of hydrogen-bond donors (Lipinski definition) is 2. The Kier molecular flexibility index (Phi) is 7.01. The van der Waals surface area contributed by atoms with Crippen molar-refractivity contribution in [2.75, 3.05) is 4.72 Å². The van der Waals surface area contributed by atoms with E-state index in [1.165, 1.54) is 18.2 Å². The van der Waals surface area contributed by atoms with Crippen LogP contribution in [0.25, 0.3) is 0 Å². The summed E-state index contributed by atoms with van der Waals surface area (Å²) in [4.78, 5) is 12.1. The number of amides is 1. The van der Waals surface area contributed by atoms with Crippen molar-refractivity contribution >= 4 is 33.0 Å². The van der Waals surface area contributed by atoms with Crippen molar-refractivity contribution in [2.45, 2.75) is 23.8 Å². The Balaban J connectivity index is 1.52. The van der Waals surface area contributed by atoms with Gasteiger partial charge in [0.25, 0.3) is 10.0 Å². The first-order chi connectivity index (χ1) is 14.3. The van der Waals surface area contributed by atoms with Gasteiger partial charge in [-0.15, -0.1) is 11.3 Å². The topological polar surface area (TPSA) is 84.5 Å². The number of alkyl halides is 2. The molecule has 3 rings (SSSR count). The van der Waals surface area contributed by atoms with E-state index in [9.17, 15) is 22.0 Å². The fourth-order valence-corrected chi connectivity index (χ4v) is 4.64. The third-order valence-electron chi connectivity index (χ3n) is 3.94. The molecule has 0 saturated carbocycles. The maximum absolute atomic E-state index is 12.3. The van der Waals surface area contributed by atoms with Gasteiger partial charge < -0.3 is 10.1 Å². The summed E-state index contributed by atoms with van der Waals surface area (Å²) >= 11 is 1.12. The first-order valence-electron chi connectivity index (χ1n) is 8.77. The summed E-state index contributed by atoms with van der Waals surface area (Å²) in [5.74, 6) is -0.237. The third kappa shape index (κ3) is 6.26. The minimum absolute atomic E-state index is 0.0253. The lowest BCUT2D eigenvalue weighted by Gasteiger charge is -2.09. The molecule has 0 unspecified atom stereocenters. The summed E-state index contributed by atoms with van der Waals surface area (Å²) in [5.41, 5.74) is 1.71. The first-order valence-corrected chi connectivity index (χ1v) is 11.1. The monoisotopic (exact) mass is 452 g/mol. The number of benzene rings is 2. The molecule has 1 amide bonds. The van der Waals surface area contributed by atoms with Gasteiger partial charge in [-0.3, -0.25) is 9.52 Å². The number of ether oxygens (including phenoxy) is 1. The molecule has 0 atom stereocenters. The van der Waals surface area contributed by atoms with Crippen LogP contribution in [0.5, 0.6) is 5.75 Å². The Bertz CT molecular complexity index is 1090. The molecule has 0 aliphatic carbocycles. The number of hydrogen-bond acceptors (Lipinski definition) is 5. The van der Waals surface area contributed by atoms with Crippen molar-refractivity contribution in [1.82, 2.24) is 5.32 Å². The number of sulfonamides is 1. The second kappa shape index (κ2) is 9.68. The maximum atomic E-state index is 12.3. The van der Waals surface area contributed by atoms with Crippen molar-refractivity contribution in [3.63, 3.8) is 0 Å². The fourth-order valence-electron chi connectivity index (χ4n) is 2.59. The van der Waals surface area contributed by atoms with E-state index in [0.717, 1.165) is 11.3 Å². The van der Waals surface area contributed by atoms with Crippen molar-refractivity contribution in [3.05, 3.63) is 77.2 Å². The molecule has 10 heteroatoms. The Morgan fingerprint density at radius 2 is 1.80 bits per heavy atom. The summed E-state index contributed by atoms with van der Waals surface area (Å²) in [6, 6.07) is 15.7. The SMILES string of the molecule is O=C(Cc1ccc(NS(=O)(=O)c2cccs2)cc1)NCc1cccc(OC(F)F)c1. The molecule has 158 valence electrons. The molecule has 0 bridgehead atoms. The summed E-state index contributed by atoms with van der Waals surface area (Å²) in [6.45, 7) is -2.74. The number of anilines is 1. The molecule has 0 fully saturated rings. The Hall–Kier alpha value is -2.98. The number of nitrogens with one attached hydrogen (secondary N) is 2. The molecule has 0 aliphatic rings. The second-order valence-electron chi connectivity index (χ2n) is 6.21. The number of carbonyl (C=O) groups is 1. The van der Waals surface area contributed by atoms with Crippen molar-refractivity contribution in [2.24, 2.45) is 0 Å². The molecule has 2 N–H and O–H groups in total. The Morgan fingerprint density at radius 1 is 1.03 bits per heavy atom. The van der Waals surface area contributed by atoms with E-state index < -0.39 is 16.6 Å². The van der Waals surface area contributed by atoms with Crippen molar-refractivity contribution < 1.29 is 26.7 Å². The van der Waals surface area contributed by atoms with E-state index in [1.54, 1.807) is 47.8 Å². The average molecular weight is 453 g/mol. The molecular formula is C20H18F2N2O4S2. The smallest absolute Gasteiger partial charge is 0.387 e. The van der Waals surface area contributed by atoms with Gasteiger partial charge in [0.2, 0.25) is 5.91 Å². The van der Waals surface area contributed by atoms with Crippen LogP contribution in [-0.2, 0) is 27.8 Å². The van der Waals surface area contributed by atoms with E-state index >= 15 is 0 Å². The maximum Gasteiger partial charge on any atom is 0.387 e. The lowest BCUT2D eigenvalue weighted by molar-refractivity contribution is -0.120. The van der Waals surface area contributed by atoms with Gasteiger partial charge >= 0.3 is 6.61 Å². The lowest BCUT2D eigenvalue weighted by Crippen LogP contribution is -2.24. The predicted octanol–water partition coefficient (Wildman–Crippen LogP) is 4.01. The summed E-state index contributed by atoms with van der Waals surface area (Å²) in [6.07, 6.45) is 0.0885. The van der Waals surface area contributed by atoms with Gasteiger partial charge in [0, 0.05) is 12.2 Å². The zero-order valence-corrected chi connectivity index (χ0v) is 17.2. The number of halogens is 2. The summed E-state index contributed by atoms with van der Waals surface area (Å²) in [7, 11) is -3.62. The van der Waals surface area contributed by atoms with Crippen LogP contribution in [0.3, 0.4) is 0 Å². The van der Waals surface area contributed by atoms with E-state index in [0.29, 0.717) is 16.8 Å². The average Bonchev–Trinajstić information content (AvgIpc) is 3.23. The molecule has 6 nitrogen and oxygen atoms in total. The van der Waals surface area contributed by atoms with Crippen LogP contribution in [0.15, 0.2) is 70.3 Å². The molecule has 0 aliphatic heterocycles. The number of thiophene rings is 1. The van der Waals surface area contributed by atoms with Crippen molar-refractivity contribution in [3.8, 4) is 5.75 Å². The number of carbonyl (C=O) groups excluding carboxylic acids is 1. The molecule has 1 heterocycles. The van der Waals surface area contributed by atoms with Gasteiger partial charge in [-0.1, -0.05) is 30.3 Å². The van der Waals surface area contributed by atoms with Gasteiger partial charge in [0.15, 0.2) is 0 Å². The summed E-state index contributed by atoms with van der Waals surface area (Å²) in [5, 5.41) is 4.39. The van der Waals surface area contributed by atoms with Crippen LogP contribution in [-0.4, -0.2) is 20.9 Å². The zero-order chi connectivity index (χ0) is 21.6. The molecule has 1 aromatic heterocycles. The van der Waals surface area contributed by atoms with Crippen LogP contribution in [0.1, 0.15) is 11.1 Å². The fraction of sp³-hybridized carbons (Fsp3) is 0.150. The Labute approximate surface area is 176 Å². The summed E-state index contributed by atoms with van der Waals surface area (Å²) < 4.78 is 56.0. The first kappa shape index (κ1) is 21.7. The van der Waals surface area contributed by atoms with Gasteiger partial charge in [0.05, 0.1) is 6.42 Å². The Morgan fingerprint density at radius 3 is 2.47 bits per heavy atom. The van der Waals surface area contributed by atoms with E-state index in [1.807, 2.05) is 0 Å². The van der Waals surface area contributed by atoms with Gasteiger partial charge in [-0.2, -0.15) is 8.78 Å². The molecule has 3 aromatic rings. The molecule has 30 heavy (non-hydrogen) atoms. The minimum atomic E-state index is -3.62. The van der Waals surface area contributed by atoms with Crippen LogP contribution in [0.4, 0.5) is 14.5 Å². The minimum Gasteiger partial charge on any atom is -0.435 e. The third-order valence-corrected chi connectivity index (χ3v) is 6.72. The van der Waals surface area contributed by atoms with Gasteiger partial charge in [-0.05, 0) is 46.8 Å². The highest BCUT2D eigenvalue weighted by molar-refractivity contribution is 7.94. The highest BCUT2D eigenvalue weighted by atomic mass is 32.2. The molecule has 0 spiro atoms. The molecule has 2 aromatic carbocycles. The van der Waals surface area contributed by atoms with Crippen molar-refractivity contribution in [1.29, 1.82) is 0 Å². The molecule has 0 saturated heterocycles. The zero-order valence-electron chi connectivity index (χ0n) is 15.5. The normalized spacial score (nSPS) is 11.3. The van der Waals surface area contributed by atoms with Crippen LogP contribution < -0.4 is 14.8 Å². The van der Waals surface area contributed by atoms with Crippen LogP contribution in [0.2, 0.25) is 0 Å². The predicted molar refractivity (Wildman–Crippen MR) is 110 cm³/mol. The molecular weight excluding hydrogens is 434 g/mol. The van der Waals surface area contributed by atoms with Gasteiger partial charge in [-0.25, -0.2) is 8.42 Å². The second-order valence-corrected chi connectivity index (χ2v) is 9.07.